The van der Waals surface area contributed by atoms with Crippen LogP contribution in [-0.2, 0) is 0 Å². The fourth-order valence-electron chi connectivity index (χ4n) is 2.87. The Bertz CT molecular complexity index is 386. The molecule has 4 nitrogen and oxygen atoms in total. The lowest BCUT2D eigenvalue weighted by Crippen LogP contribution is -2.43. The first-order valence-electron chi connectivity index (χ1n) is 6.92. The van der Waals surface area contributed by atoms with E-state index in [9.17, 15) is 0 Å². The highest BCUT2D eigenvalue weighted by Crippen LogP contribution is 2.30. The Morgan fingerprint density at radius 2 is 2.17 bits per heavy atom. The average Bonchev–Trinajstić information content (AvgIpc) is 2.89. The minimum absolute atomic E-state index is 0.650. The van der Waals surface area contributed by atoms with E-state index in [1.54, 1.807) is 0 Å². The van der Waals surface area contributed by atoms with Gasteiger partial charge < -0.3 is 15.1 Å². The lowest BCUT2D eigenvalue weighted by Gasteiger charge is -2.29. The van der Waals surface area contributed by atoms with Gasteiger partial charge in [-0.3, -0.25) is 0 Å². The summed E-state index contributed by atoms with van der Waals surface area (Å²) in [5.74, 6) is 0.650. The SMILES string of the molecule is CN1CCCC(c2csc(N3CCNCC3)n2)C1. The van der Waals surface area contributed by atoms with E-state index >= 15 is 0 Å². The van der Waals surface area contributed by atoms with Crippen LogP contribution in [0.1, 0.15) is 24.5 Å². The Labute approximate surface area is 113 Å². The van der Waals surface area contributed by atoms with Gasteiger partial charge in [0.15, 0.2) is 5.13 Å². The Balaban J connectivity index is 1.68. The van der Waals surface area contributed by atoms with Crippen molar-refractivity contribution in [3.05, 3.63) is 11.1 Å². The fraction of sp³-hybridized carbons (Fsp3) is 0.769. The van der Waals surface area contributed by atoms with Crippen molar-refractivity contribution in [2.75, 3.05) is 51.2 Å². The number of piperidine rings is 1. The molecule has 1 aromatic heterocycles. The number of likely N-dealkylation sites (tertiary alicyclic amines) is 1. The maximum Gasteiger partial charge on any atom is 0.185 e. The summed E-state index contributed by atoms with van der Waals surface area (Å²) in [6.07, 6.45) is 2.61. The molecule has 3 rings (SSSR count). The average molecular weight is 266 g/mol. The van der Waals surface area contributed by atoms with E-state index in [0.29, 0.717) is 5.92 Å². The van der Waals surface area contributed by atoms with Crippen LogP contribution in [0.3, 0.4) is 0 Å². The van der Waals surface area contributed by atoms with Gasteiger partial charge in [-0.1, -0.05) is 0 Å². The van der Waals surface area contributed by atoms with Crippen LogP contribution >= 0.6 is 11.3 Å². The van der Waals surface area contributed by atoms with Crippen molar-refractivity contribution < 1.29 is 0 Å². The predicted octanol–water partition coefficient (Wildman–Crippen LogP) is 1.36. The van der Waals surface area contributed by atoms with Crippen LogP contribution in [0.2, 0.25) is 0 Å². The number of aromatic nitrogens is 1. The second-order valence-electron chi connectivity index (χ2n) is 5.39. The first-order chi connectivity index (χ1) is 8.83. The van der Waals surface area contributed by atoms with Crippen molar-refractivity contribution in [2.24, 2.45) is 0 Å². The highest BCUT2D eigenvalue weighted by molar-refractivity contribution is 7.13. The van der Waals surface area contributed by atoms with Crippen LogP contribution < -0.4 is 10.2 Å². The number of rotatable bonds is 2. The lowest BCUT2D eigenvalue weighted by atomic mass is 9.96. The number of hydrogen-bond donors (Lipinski definition) is 1. The highest BCUT2D eigenvalue weighted by atomic mass is 32.1. The number of thiazole rings is 1. The van der Waals surface area contributed by atoms with Gasteiger partial charge in [-0.2, -0.15) is 0 Å². The van der Waals surface area contributed by atoms with Crippen molar-refractivity contribution >= 4 is 16.5 Å². The maximum atomic E-state index is 4.88. The Morgan fingerprint density at radius 1 is 1.33 bits per heavy atom. The molecule has 0 aliphatic carbocycles. The monoisotopic (exact) mass is 266 g/mol. The Morgan fingerprint density at radius 3 is 2.94 bits per heavy atom. The molecular formula is C13H22N4S. The minimum atomic E-state index is 0.650. The van der Waals surface area contributed by atoms with E-state index in [2.05, 4.69) is 27.5 Å². The summed E-state index contributed by atoms with van der Waals surface area (Å²) in [5.41, 5.74) is 1.32. The van der Waals surface area contributed by atoms with Crippen LogP contribution in [0.4, 0.5) is 5.13 Å². The zero-order chi connectivity index (χ0) is 12.4. The third-order valence-corrected chi connectivity index (χ3v) is 4.86. The van der Waals surface area contributed by atoms with Crippen molar-refractivity contribution in [2.45, 2.75) is 18.8 Å². The van der Waals surface area contributed by atoms with Crippen molar-refractivity contribution in [1.29, 1.82) is 0 Å². The van der Waals surface area contributed by atoms with E-state index in [0.717, 1.165) is 26.2 Å². The third kappa shape index (κ3) is 2.68. The predicted molar refractivity (Wildman–Crippen MR) is 76.7 cm³/mol. The molecule has 3 heterocycles. The molecular weight excluding hydrogens is 244 g/mol. The molecule has 0 radical (unpaired) electrons. The normalized spacial score (nSPS) is 26.5. The van der Waals surface area contributed by atoms with Crippen LogP contribution in [0.5, 0.6) is 0 Å². The number of nitrogens with zero attached hydrogens (tertiary/aromatic N) is 3. The molecule has 100 valence electrons. The maximum absolute atomic E-state index is 4.88. The van der Waals surface area contributed by atoms with Crippen molar-refractivity contribution in [1.82, 2.24) is 15.2 Å². The number of piperazine rings is 1. The van der Waals surface area contributed by atoms with E-state index < -0.39 is 0 Å². The first kappa shape index (κ1) is 12.4. The zero-order valence-corrected chi connectivity index (χ0v) is 11.9. The third-order valence-electron chi connectivity index (χ3n) is 3.94. The molecule has 18 heavy (non-hydrogen) atoms. The number of hydrogen-bond acceptors (Lipinski definition) is 5. The highest BCUT2D eigenvalue weighted by Gasteiger charge is 2.22. The van der Waals surface area contributed by atoms with Crippen LogP contribution in [0, 0.1) is 0 Å². The molecule has 0 spiro atoms. The van der Waals surface area contributed by atoms with Crippen molar-refractivity contribution in [3.8, 4) is 0 Å². The molecule has 0 aromatic carbocycles. The molecule has 0 bridgehead atoms. The molecule has 1 unspecified atom stereocenters. The summed E-state index contributed by atoms with van der Waals surface area (Å²) in [7, 11) is 2.22. The van der Waals surface area contributed by atoms with Gasteiger partial charge in [0, 0.05) is 44.0 Å². The largest absolute Gasteiger partial charge is 0.346 e. The first-order valence-corrected chi connectivity index (χ1v) is 7.80. The van der Waals surface area contributed by atoms with E-state index in [1.807, 2.05) is 11.3 Å². The van der Waals surface area contributed by atoms with Gasteiger partial charge in [-0.05, 0) is 26.4 Å². The molecule has 2 saturated heterocycles. The molecule has 0 amide bonds. The van der Waals surface area contributed by atoms with Crippen LogP contribution in [0.15, 0.2) is 5.38 Å². The van der Waals surface area contributed by atoms with Gasteiger partial charge >= 0.3 is 0 Å². The molecule has 1 atom stereocenters. The van der Waals surface area contributed by atoms with Gasteiger partial charge in [0.05, 0.1) is 5.69 Å². The quantitative estimate of drug-likeness (QED) is 0.876. The topological polar surface area (TPSA) is 31.4 Å². The summed E-state index contributed by atoms with van der Waals surface area (Å²) < 4.78 is 0. The molecule has 2 aliphatic rings. The molecule has 2 fully saturated rings. The van der Waals surface area contributed by atoms with E-state index in [1.165, 1.54) is 36.8 Å². The summed E-state index contributed by atoms with van der Waals surface area (Å²) in [5, 5.41) is 6.89. The summed E-state index contributed by atoms with van der Waals surface area (Å²) in [6.45, 7) is 6.77. The van der Waals surface area contributed by atoms with Gasteiger partial charge in [0.1, 0.15) is 0 Å². The van der Waals surface area contributed by atoms with Gasteiger partial charge in [0.25, 0.3) is 0 Å². The molecule has 2 aliphatic heterocycles. The second kappa shape index (κ2) is 5.55. The zero-order valence-electron chi connectivity index (χ0n) is 11.1. The minimum Gasteiger partial charge on any atom is -0.346 e. The Hall–Kier alpha value is -0.650. The fourth-order valence-corrected chi connectivity index (χ4v) is 3.83. The molecule has 1 N–H and O–H groups in total. The van der Waals surface area contributed by atoms with Crippen LogP contribution in [0.25, 0.3) is 0 Å². The molecule has 1 aromatic rings. The summed E-state index contributed by atoms with van der Waals surface area (Å²) >= 11 is 1.82. The van der Waals surface area contributed by atoms with Crippen molar-refractivity contribution in [3.63, 3.8) is 0 Å². The standard InChI is InChI=1S/C13H22N4S/c1-16-6-2-3-11(9-16)12-10-18-13(15-12)17-7-4-14-5-8-17/h10-11,14H,2-9H2,1H3. The van der Waals surface area contributed by atoms with E-state index in [4.69, 9.17) is 4.98 Å². The van der Waals surface area contributed by atoms with Gasteiger partial charge in [-0.25, -0.2) is 4.98 Å². The number of anilines is 1. The summed E-state index contributed by atoms with van der Waals surface area (Å²) in [6, 6.07) is 0. The Kier molecular flexibility index (Phi) is 3.82. The number of likely N-dealkylation sites (N-methyl/N-ethyl adjacent to an activating group) is 1. The molecule has 5 heteroatoms. The van der Waals surface area contributed by atoms with Gasteiger partial charge in [-0.15, -0.1) is 11.3 Å². The lowest BCUT2D eigenvalue weighted by molar-refractivity contribution is 0.249. The smallest absolute Gasteiger partial charge is 0.185 e. The van der Waals surface area contributed by atoms with Gasteiger partial charge in [0.2, 0.25) is 0 Å². The second-order valence-corrected chi connectivity index (χ2v) is 6.23. The van der Waals surface area contributed by atoms with Crippen LogP contribution in [-0.4, -0.2) is 56.2 Å². The number of nitrogens with one attached hydrogen (secondary N) is 1. The summed E-state index contributed by atoms with van der Waals surface area (Å²) in [4.78, 5) is 9.72. The molecule has 0 saturated carbocycles. The van der Waals surface area contributed by atoms with E-state index in [-0.39, 0.29) is 0 Å².